The average molecular weight is 240 g/mol. The van der Waals surface area contributed by atoms with Gasteiger partial charge in [0.2, 0.25) is 5.91 Å². The molecule has 0 heterocycles. The lowest BCUT2D eigenvalue weighted by Gasteiger charge is -2.36. The molecule has 0 aliphatic heterocycles. The van der Waals surface area contributed by atoms with Crippen molar-refractivity contribution in [3.63, 3.8) is 0 Å². The van der Waals surface area contributed by atoms with Gasteiger partial charge in [0, 0.05) is 19.1 Å². The maximum Gasteiger partial charge on any atom is 0.236 e. The lowest BCUT2D eigenvalue weighted by molar-refractivity contribution is -0.132. The summed E-state index contributed by atoms with van der Waals surface area (Å²) in [6, 6.07) is 0.881. The summed E-state index contributed by atoms with van der Waals surface area (Å²) in [4.78, 5) is 14.0. The van der Waals surface area contributed by atoms with Gasteiger partial charge < -0.3 is 10.2 Å². The van der Waals surface area contributed by atoms with Crippen LogP contribution in [0, 0.1) is 5.92 Å². The van der Waals surface area contributed by atoms with Gasteiger partial charge in [-0.1, -0.05) is 26.7 Å². The van der Waals surface area contributed by atoms with E-state index in [9.17, 15) is 4.79 Å². The highest BCUT2D eigenvalue weighted by molar-refractivity contribution is 5.78. The van der Waals surface area contributed by atoms with Crippen molar-refractivity contribution in [3.05, 3.63) is 0 Å². The smallest absolute Gasteiger partial charge is 0.236 e. The molecule has 0 saturated heterocycles. The molecule has 1 aliphatic rings. The maximum atomic E-state index is 12.1. The molecular formula is C14H28N2O. The Morgan fingerprint density at radius 1 is 1.41 bits per heavy atom. The third-order valence-corrected chi connectivity index (χ3v) is 4.17. The summed E-state index contributed by atoms with van der Waals surface area (Å²) in [6.45, 7) is 7.01. The average Bonchev–Trinajstić information content (AvgIpc) is 2.35. The molecule has 100 valence electrons. The fourth-order valence-electron chi connectivity index (χ4n) is 2.59. The number of hydrogen-bond acceptors (Lipinski definition) is 2. The van der Waals surface area contributed by atoms with E-state index < -0.39 is 0 Å². The monoisotopic (exact) mass is 240 g/mol. The molecule has 1 fully saturated rings. The molecule has 1 N–H and O–H groups in total. The van der Waals surface area contributed by atoms with Gasteiger partial charge in [0.05, 0.1) is 6.54 Å². The second kappa shape index (κ2) is 7.00. The van der Waals surface area contributed by atoms with Crippen molar-refractivity contribution in [1.29, 1.82) is 0 Å². The molecule has 0 aromatic rings. The molecular weight excluding hydrogens is 212 g/mol. The van der Waals surface area contributed by atoms with Crippen LogP contribution in [-0.2, 0) is 4.79 Å². The standard InChI is InChI=1S/C14H28N2O/c1-5-12(3)15-10-14(17)16(4)13-9-7-6-8-11(13)2/h11-13,15H,5-10H2,1-4H3. The summed E-state index contributed by atoms with van der Waals surface area (Å²) >= 11 is 0. The van der Waals surface area contributed by atoms with Gasteiger partial charge in [-0.15, -0.1) is 0 Å². The Morgan fingerprint density at radius 2 is 2.06 bits per heavy atom. The Labute approximate surface area is 106 Å². The number of carbonyl (C=O) groups is 1. The normalized spacial score (nSPS) is 26.6. The van der Waals surface area contributed by atoms with Gasteiger partial charge in [-0.25, -0.2) is 0 Å². The molecule has 3 atom stereocenters. The highest BCUT2D eigenvalue weighted by Gasteiger charge is 2.27. The van der Waals surface area contributed by atoms with E-state index in [0.29, 0.717) is 24.5 Å². The number of likely N-dealkylation sites (N-methyl/N-ethyl adjacent to an activating group) is 1. The minimum atomic E-state index is 0.240. The van der Waals surface area contributed by atoms with Crippen LogP contribution in [0.2, 0.25) is 0 Å². The largest absolute Gasteiger partial charge is 0.341 e. The number of hydrogen-bond donors (Lipinski definition) is 1. The highest BCUT2D eigenvalue weighted by atomic mass is 16.2. The zero-order valence-electron chi connectivity index (χ0n) is 11.8. The van der Waals surface area contributed by atoms with Gasteiger partial charge in [0.1, 0.15) is 0 Å². The minimum absolute atomic E-state index is 0.240. The molecule has 17 heavy (non-hydrogen) atoms. The van der Waals surface area contributed by atoms with Crippen LogP contribution in [0.25, 0.3) is 0 Å². The first-order valence-electron chi connectivity index (χ1n) is 7.05. The number of rotatable bonds is 5. The molecule has 3 heteroatoms. The molecule has 1 aliphatic carbocycles. The van der Waals surface area contributed by atoms with Crippen molar-refractivity contribution >= 4 is 5.91 Å². The first kappa shape index (κ1) is 14.5. The minimum Gasteiger partial charge on any atom is -0.341 e. The number of carbonyl (C=O) groups excluding carboxylic acids is 1. The molecule has 0 bridgehead atoms. The Bertz CT molecular complexity index is 242. The Balaban J connectivity index is 2.39. The topological polar surface area (TPSA) is 32.3 Å². The molecule has 1 saturated carbocycles. The van der Waals surface area contributed by atoms with Crippen LogP contribution < -0.4 is 5.32 Å². The summed E-state index contributed by atoms with van der Waals surface area (Å²) in [5.74, 6) is 0.894. The SMILES string of the molecule is CCC(C)NCC(=O)N(C)C1CCCCC1C. The van der Waals surface area contributed by atoms with E-state index in [4.69, 9.17) is 0 Å². The fourth-order valence-corrected chi connectivity index (χ4v) is 2.59. The molecule has 3 nitrogen and oxygen atoms in total. The third-order valence-electron chi connectivity index (χ3n) is 4.17. The van der Waals surface area contributed by atoms with Gasteiger partial charge in [-0.05, 0) is 32.1 Å². The van der Waals surface area contributed by atoms with Gasteiger partial charge in [0.25, 0.3) is 0 Å². The Kier molecular flexibility index (Phi) is 5.96. The van der Waals surface area contributed by atoms with Gasteiger partial charge in [0.15, 0.2) is 0 Å². The van der Waals surface area contributed by atoms with Crippen molar-refractivity contribution in [2.75, 3.05) is 13.6 Å². The van der Waals surface area contributed by atoms with Crippen LogP contribution in [0.15, 0.2) is 0 Å². The van der Waals surface area contributed by atoms with E-state index in [1.165, 1.54) is 25.7 Å². The molecule has 0 radical (unpaired) electrons. The van der Waals surface area contributed by atoms with E-state index in [1.807, 2.05) is 11.9 Å². The molecule has 1 rings (SSSR count). The predicted molar refractivity (Wildman–Crippen MR) is 71.9 cm³/mol. The Morgan fingerprint density at radius 3 is 2.65 bits per heavy atom. The van der Waals surface area contributed by atoms with Crippen LogP contribution in [0.4, 0.5) is 0 Å². The van der Waals surface area contributed by atoms with Gasteiger partial charge in [-0.3, -0.25) is 4.79 Å². The zero-order chi connectivity index (χ0) is 12.8. The summed E-state index contributed by atoms with van der Waals surface area (Å²) in [7, 11) is 1.97. The van der Waals surface area contributed by atoms with E-state index in [-0.39, 0.29) is 5.91 Å². The highest BCUT2D eigenvalue weighted by Crippen LogP contribution is 2.27. The van der Waals surface area contributed by atoms with E-state index in [1.54, 1.807) is 0 Å². The first-order chi connectivity index (χ1) is 8.06. The number of nitrogens with one attached hydrogen (secondary N) is 1. The third kappa shape index (κ3) is 4.30. The predicted octanol–water partition coefficient (Wildman–Crippen LogP) is 2.41. The van der Waals surface area contributed by atoms with Crippen molar-refractivity contribution in [3.8, 4) is 0 Å². The van der Waals surface area contributed by atoms with Gasteiger partial charge in [-0.2, -0.15) is 0 Å². The van der Waals surface area contributed by atoms with Crippen molar-refractivity contribution in [2.24, 2.45) is 5.92 Å². The second-order valence-electron chi connectivity index (χ2n) is 5.52. The second-order valence-corrected chi connectivity index (χ2v) is 5.52. The molecule has 3 unspecified atom stereocenters. The van der Waals surface area contributed by atoms with E-state index in [0.717, 1.165) is 6.42 Å². The van der Waals surface area contributed by atoms with Crippen LogP contribution in [-0.4, -0.2) is 36.5 Å². The first-order valence-corrected chi connectivity index (χ1v) is 7.05. The summed E-state index contributed by atoms with van der Waals surface area (Å²) in [5, 5.41) is 3.28. The lowest BCUT2D eigenvalue weighted by atomic mass is 9.85. The fraction of sp³-hybridized carbons (Fsp3) is 0.929. The number of amides is 1. The summed E-state index contributed by atoms with van der Waals surface area (Å²) in [6.07, 6.45) is 6.10. The van der Waals surface area contributed by atoms with Crippen molar-refractivity contribution in [2.45, 2.75) is 65.0 Å². The molecule has 0 spiro atoms. The number of nitrogens with zero attached hydrogens (tertiary/aromatic N) is 1. The van der Waals surface area contributed by atoms with Gasteiger partial charge >= 0.3 is 0 Å². The van der Waals surface area contributed by atoms with Crippen molar-refractivity contribution < 1.29 is 4.79 Å². The molecule has 0 aromatic heterocycles. The molecule has 0 aromatic carbocycles. The van der Waals surface area contributed by atoms with Crippen LogP contribution in [0.5, 0.6) is 0 Å². The van der Waals surface area contributed by atoms with Crippen LogP contribution in [0.3, 0.4) is 0 Å². The maximum absolute atomic E-state index is 12.1. The summed E-state index contributed by atoms with van der Waals surface area (Å²) in [5.41, 5.74) is 0. The zero-order valence-corrected chi connectivity index (χ0v) is 11.8. The van der Waals surface area contributed by atoms with Crippen LogP contribution >= 0.6 is 0 Å². The Hall–Kier alpha value is -0.570. The summed E-state index contributed by atoms with van der Waals surface area (Å²) < 4.78 is 0. The van der Waals surface area contributed by atoms with E-state index >= 15 is 0 Å². The molecule has 1 amide bonds. The lowest BCUT2D eigenvalue weighted by Crippen LogP contribution is -2.47. The van der Waals surface area contributed by atoms with Crippen molar-refractivity contribution in [1.82, 2.24) is 10.2 Å². The van der Waals surface area contributed by atoms with Crippen LogP contribution in [0.1, 0.15) is 52.9 Å². The quantitative estimate of drug-likeness (QED) is 0.800. The van der Waals surface area contributed by atoms with E-state index in [2.05, 4.69) is 26.1 Å².